The van der Waals surface area contributed by atoms with Crippen molar-refractivity contribution < 1.29 is 4.74 Å². The van der Waals surface area contributed by atoms with Crippen molar-refractivity contribution in [1.29, 1.82) is 0 Å². The SMILES string of the molecule is CNCC1=CCC2OCCC2=C1. The van der Waals surface area contributed by atoms with Gasteiger partial charge in [-0.1, -0.05) is 12.2 Å². The number of rotatable bonds is 2. The Morgan fingerprint density at radius 1 is 1.67 bits per heavy atom. The molecule has 0 bridgehead atoms. The lowest BCUT2D eigenvalue weighted by molar-refractivity contribution is 0.125. The second kappa shape index (κ2) is 3.42. The number of fused-ring (bicyclic) bond motifs is 1. The summed E-state index contributed by atoms with van der Waals surface area (Å²) in [5.74, 6) is 0. The summed E-state index contributed by atoms with van der Waals surface area (Å²) in [6.45, 7) is 1.90. The van der Waals surface area contributed by atoms with E-state index in [4.69, 9.17) is 4.74 Å². The molecule has 0 aromatic heterocycles. The number of hydrogen-bond acceptors (Lipinski definition) is 2. The zero-order valence-corrected chi connectivity index (χ0v) is 7.47. The lowest BCUT2D eigenvalue weighted by atomic mass is 9.96. The van der Waals surface area contributed by atoms with E-state index in [-0.39, 0.29) is 0 Å². The third-order valence-corrected chi connectivity index (χ3v) is 2.47. The van der Waals surface area contributed by atoms with Crippen LogP contribution in [0.3, 0.4) is 0 Å². The highest BCUT2D eigenvalue weighted by Gasteiger charge is 2.23. The average Bonchev–Trinajstić information content (AvgIpc) is 2.51. The molecule has 0 saturated carbocycles. The molecule has 1 saturated heterocycles. The molecule has 2 rings (SSSR count). The highest BCUT2D eigenvalue weighted by Crippen LogP contribution is 2.28. The van der Waals surface area contributed by atoms with E-state index in [1.807, 2.05) is 7.05 Å². The molecule has 1 N–H and O–H groups in total. The van der Waals surface area contributed by atoms with Gasteiger partial charge in [-0.05, 0) is 31.0 Å². The monoisotopic (exact) mass is 165 g/mol. The van der Waals surface area contributed by atoms with Crippen LogP contribution in [0.4, 0.5) is 0 Å². The quantitative estimate of drug-likeness (QED) is 0.665. The van der Waals surface area contributed by atoms with Crippen LogP contribution in [0.1, 0.15) is 12.8 Å². The summed E-state index contributed by atoms with van der Waals surface area (Å²) in [5.41, 5.74) is 2.90. The van der Waals surface area contributed by atoms with Crippen molar-refractivity contribution in [2.45, 2.75) is 18.9 Å². The summed E-state index contributed by atoms with van der Waals surface area (Å²) in [7, 11) is 1.98. The van der Waals surface area contributed by atoms with Gasteiger partial charge in [-0.15, -0.1) is 0 Å². The molecule has 1 heterocycles. The molecule has 0 aromatic carbocycles. The largest absolute Gasteiger partial charge is 0.373 e. The van der Waals surface area contributed by atoms with Crippen molar-refractivity contribution in [2.75, 3.05) is 20.2 Å². The van der Waals surface area contributed by atoms with Gasteiger partial charge < -0.3 is 10.1 Å². The van der Waals surface area contributed by atoms with E-state index < -0.39 is 0 Å². The Balaban J connectivity index is 2.06. The highest BCUT2D eigenvalue weighted by atomic mass is 16.5. The molecule has 0 aromatic rings. The first kappa shape index (κ1) is 8.02. The fourth-order valence-corrected chi connectivity index (χ4v) is 1.85. The first-order chi connectivity index (χ1) is 5.90. The van der Waals surface area contributed by atoms with Crippen LogP contribution < -0.4 is 5.32 Å². The molecule has 0 spiro atoms. The van der Waals surface area contributed by atoms with Gasteiger partial charge in [0.15, 0.2) is 0 Å². The maximum Gasteiger partial charge on any atom is 0.0823 e. The summed E-state index contributed by atoms with van der Waals surface area (Å²) < 4.78 is 5.55. The Morgan fingerprint density at radius 3 is 3.42 bits per heavy atom. The highest BCUT2D eigenvalue weighted by molar-refractivity contribution is 5.33. The molecular weight excluding hydrogens is 150 g/mol. The van der Waals surface area contributed by atoms with E-state index in [1.165, 1.54) is 11.1 Å². The minimum Gasteiger partial charge on any atom is -0.373 e. The van der Waals surface area contributed by atoms with Crippen LogP contribution in [0.15, 0.2) is 23.3 Å². The first-order valence-electron chi connectivity index (χ1n) is 4.56. The molecular formula is C10H15NO. The van der Waals surface area contributed by atoms with E-state index in [0.717, 1.165) is 26.0 Å². The molecule has 2 heteroatoms. The van der Waals surface area contributed by atoms with E-state index in [1.54, 1.807) is 0 Å². The van der Waals surface area contributed by atoms with Crippen molar-refractivity contribution in [2.24, 2.45) is 0 Å². The van der Waals surface area contributed by atoms with Crippen molar-refractivity contribution in [3.8, 4) is 0 Å². The Bertz CT molecular complexity index is 230. The second-order valence-corrected chi connectivity index (χ2v) is 3.37. The molecule has 66 valence electrons. The molecule has 1 aliphatic heterocycles. The van der Waals surface area contributed by atoms with Crippen LogP contribution in [0.2, 0.25) is 0 Å². The smallest absolute Gasteiger partial charge is 0.0823 e. The molecule has 2 nitrogen and oxygen atoms in total. The number of hydrogen-bond donors (Lipinski definition) is 1. The van der Waals surface area contributed by atoms with Crippen LogP contribution in [-0.2, 0) is 4.74 Å². The predicted octanol–water partition coefficient (Wildman–Crippen LogP) is 1.25. The van der Waals surface area contributed by atoms with Gasteiger partial charge in [0.1, 0.15) is 0 Å². The van der Waals surface area contributed by atoms with Gasteiger partial charge in [-0.25, -0.2) is 0 Å². The average molecular weight is 165 g/mol. The molecule has 1 atom stereocenters. The Hall–Kier alpha value is -0.600. The van der Waals surface area contributed by atoms with Gasteiger partial charge in [0.05, 0.1) is 12.7 Å². The Morgan fingerprint density at radius 2 is 2.58 bits per heavy atom. The predicted molar refractivity (Wildman–Crippen MR) is 49.1 cm³/mol. The molecule has 1 fully saturated rings. The van der Waals surface area contributed by atoms with Gasteiger partial charge in [0, 0.05) is 6.54 Å². The molecule has 0 amide bonds. The third-order valence-electron chi connectivity index (χ3n) is 2.47. The fraction of sp³-hybridized carbons (Fsp3) is 0.600. The van der Waals surface area contributed by atoms with Crippen LogP contribution in [0.25, 0.3) is 0 Å². The molecule has 1 aliphatic carbocycles. The van der Waals surface area contributed by atoms with Crippen molar-refractivity contribution in [3.63, 3.8) is 0 Å². The van der Waals surface area contributed by atoms with Crippen molar-refractivity contribution in [1.82, 2.24) is 5.32 Å². The lowest BCUT2D eigenvalue weighted by Gasteiger charge is -2.15. The Labute approximate surface area is 73.3 Å². The van der Waals surface area contributed by atoms with Crippen LogP contribution >= 0.6 is 0 Å². The standard InChI is InChI=1S/C10H15NO/c1-11-7-8-2-3-10-9(6-8)4-5-12-10/h2,6,10-11H,3-5,7H2,1H3. The third kappa shape index (κ3) is 1.45. The summed E-state index contributed by atoms with van der Waals surface area (Å²) >= 11 is 0. The maximum atomic E-state index is 5.55. The van der Waals surface area contributed by atoms with Gasteiger partial charge in [-0.3, -0.25) is 0 Å². The zero-order valence-electron chi connectivity index (χ0n) is 7.47. The molecule has 0 radical (unpaired) electrons. The van der Waals surface area contributed by atoms with Gasteiger partial charge in [0.25, 0.3) is 0 Å². The zero-order chi connectivity index (χ0) is 8.39. The number of likely N-dealkylation sites (N-methyl/N-ethyl adjacent to an activating group) is 1. The van der Waals surface area contributed by atoms with E-state index in [2.05, 4.69) is 17.5 Å². The normalized spacial score (nSPS) is 27.9. The number of nitrogens with one attached hydrogen (secondary N) is 1. The van der Waals surface area contributed by atoms with Gasteiger partial charge in [0.2, 0.25) is 0 Å². The molecule has 2 aliphatic rings. The van der Waals surface area contributed by atoms with Crippen molar-refractivity contribution >= 4 is 0 Å². The maximum absolute atomic E-state index is 5.55. The van der Waals surface area contributed by atoms with Crippen LogP contribution in [0, 0.1) is 0 Å². The van der Waals surface area contributed by atoms with Gasteiger partial charge in [-0.2, -0.15) is 0 Å². The van der Waals surface area contributed by atoms with Crippen LogP contribution in [-0.4, -0.2) is 26.3 Å². The number of ether oxygens (including phenoxy) is 1. The van der Waals surface area contributed by atoms with E-state index in [0.29, 0.717) is 6.10 Å². The van der Waals surface area contributed by atoms with Crippen LogP contribution in [0.5, 0.6) is 0 Å². The summed E-state index contributed by atoms with van der Waals surface area (Å²) in [6.07, 6.45) is 7.17. The van der Waals surface area contributed by atoms with Gasteiger partial charge >= 0.3 is 0 Å². The van der Waals surface area contributed by atoms with E-state index >= 15 is 0 Å². The fourth-order valence-electron chi connectivity index (χ4n) is 1.85. The summed E-state index contributed by atoms with van der Waals surface area (Å²) in [5, 5.41) is 3.16. The minimum atomic E-state index is 0.408. The summed E-state index contributed by atoms with van der Waals surface area (Å²) in [4.78, 5) is 0. The topological polar surface area (TPSA) is 21.3 Å². The van der Waals surface area contributed by atoms with Crippen molar-refractivity contribution in [3.05, 3.63) is 23.3 Å². The summed E-state index contributed by atoms with van der Waals surface area (Å²) in [6, 6.07) is 0. The minimum absolute atomic E-state index is 0.408. The molecule has 1 unspecified atom stereocenters. The Kier molecular flexibility index (Phi) is 2.28. The lowest BCUT2D eigenvalue weighted by Crippen LogP contribution is -2.15. The molecule has 12 heavy (non-hydrogen) atoms. The van der Waals surface area contributed by atoms with E-state index in [9.17, 15) is 0 Å². The first-order valence-corrected chi connectivity index (χ1v) is 4.56. The second-order valence-electron chi connectivity index (χ2n) is 3.37.